The van der Waals surface area contributed by atoms with Crippen molar-refractivity contribution in [2.45, 2.75) is 71.8 Å². The summed E-state index contributed by atoms with van der Waals surface area (Å²) in [6.45, 7) is 7.43. The van der Waals surface area contributed by atoms with Gasteiger partial charge in [0.05, 0.1) is 0 Å². The first kappa shape index (κ1) is 16.3. The van der Waals surface area contributed by atoms with E-state index in [0.717, 1.165) is 38.5 Å². The highest BCUT2D eigenvalue weighted by Crippen LogP contribution is 2.40. The van der Waals surface area contributed by atoms with Gasteiger partial charge in [0.15, 0.2) is 0 Å². The van der Waals surface area contributed by atoms with Crippen LogP contribution in [0.5, 0.6) is 0 Å². The Hall–Kier alpha value is -1.06. The first-order chi connectivity index (χ1) is 9.80. The van der Waals surface area contributed by atoms with Crippen molar-refractivity contribution in [2.24, 2.45) is 17.3 Å². The normalized spacial score (nSPS) is 31.0. The largest absolute Gasteiger partial charge is 0.480 e. The molecule has 0 aromatic carbocycles. The number of carboxylic acid groups (broad SMARTS) is 1. The topological polar surface area (TPSA) is 57.6 Å². The van der Waals surface area contributed by atoms with Crippen LogP contribution >= 0.6 is 0 Å². The van der Waals surface area contributed by atoms with Gasteiger partial charge in [-0.05, 0) is 56.3 Å². The lowest BCUT2D eigenvalue weighted by Crippen LogP contribution is -2.50. The molecule has 1 aliphatic heterocycles. The molecule has 21 heavy (non-hydrogen) atoms. The number of amides is 1. The zero-order valence-corrected chi connectivity index (χ0v) is 13.6. The number of likely N-dealkylation sites (tertiary alicyclic amines) is 1. The Morgan fingerprint density at radius 3 is 2.14 bits per heavy atom. The number of piperidine rings is 1. The van der Waals surface area contributed by atoms with Crippen LogP contribution in [0.4, 0.5) is 0 Å². The quantitative estimate of drug-likeness (QED) is 0.850. The second-order valence-electron chi connectivity index (χ2n) is 7.80. The molecule has 1 N–H and O–H groups in total. The van der Waals surface area contributed by atoms with Gasteiger partial charge in [0.2, 0.25) is 5.91 Å². The molecule has 0 bridgehead atoms. The molecule has 0 aromatic rings. The zero-order valence-electron chi connectivity index (χ0n) is 13.6. The van der Waals surface area contributed by atoms with E-state index in [4.69, 9.17) is 0 Å². The Morgan fingerprint density at radius 1 is 1.00 bits per heavy atom. The first-order valence-electron chi connectivity index (χ1n) is 8.34. The Labute approximate surface area is 127 Å². The van der Waals surface area contributed by atoms with E-state index in [1.165, 1.54) is 0 Å². The molecule has 4 nitrogen and oxygen atoms in total. The second-order valence-corrected chi connectivity index (χ2v) is 7.80. The summed E-state index contributed by atoms with van der Waals surface area (Å²) in [6, 6.07) is -0.591. The maximum absolute atomic E-state index is 12.7. The summed E-state index contributed by atoms with van der Waals surface area (Å²) in [6.07, 6.45) is 6.48. The minimum Gasteiger partial charge on any atom is -0.480 e. The van der Waals surface area contributed by atoms with Crippen molar-refractivity contribution in [2.75, 3.05) is 6.54 Å². The lowest BCUT2D eigenvalue weighted by atomic mass is 9.69. The van der Waals surface area contributed by atoms with Gasteiger partial charge in [-0.25, -0.2) is 4.79 Å². The van der Waals surface area contributed by atoms with Crippen LogP contribution in [0.2, 0.25) is 0 Å². The van der Waals surface area contributed by atoms with Gasteiger partial charge in [0.25, 0.3) is 0 Å². The summed E-state index contributed by atoms with van der Waals surface area (Å²) in [4.78, 5) is 25.7. The van der Waals surface area contributed by atoms with Gasteiger partial charge in [-0.1, -0.05) is 20.8 Å². The molecule has 0 unspecified atom stereocenters. The van der Waals surface area contributed by atoms with Crippen molar-refractivity contribution in [3.63, 3.8) is 0 Å². The number of carbonyl (C=O) groups is 2. The predicted molar refractivity (Wildman–Crippen MR) is 81.9 cm³/mol. The fraction of sp³-hybridized carbons (Fsp3) is 0.882. The molecule has 2 rings (SSSR count). The summed E-state index contributed by atoms with van der Waals surface area (Å²) >= 11 is 0. The van der Waals surface area contributed by atoms with Gasteiger partial charge in [0.1, 0.15) is 6.04 Å². The summed E-state index contributed by atoms with van der Waals surface area (Å²) in [5, 5.41) is 9.31. The third-order valence-corrected chi connectivity index (χ3v) is 5.37. The highest BCUT2D eigenvalue weighted by Gasteiger charge is 2.38. The second kappa shape index (κ2) is 6.37. The van der Waals surface area contributed by atoms with Crippen LogP contribution in [0.25, 0.3) is 0 Å². The third kappa shape index (κ3) is 3.78. The highest BCUT2D eigenvalue weighted by atomic mass is 16.4. The molecule has 1 atom stereocenters. The smallest absolute Gasteiger partial charge is 0.326 e. The van der Waals surface area contributed by atoms with Crippen molar-refractivity contribution in [3.8, 4) is 0 Å². The molecule has 2 aliphatic rings. The number of hydrogen-bond donors (Lipinski definition) is 1. The molecule has 0 spiro atoms. The van der Waals surface area contributed by atoms with E-state index in [0.29, 0.717) is 24.3 Å². The van der Waals surface area contributed by atoms with Crippen molar-refractivity contribution in [3.05, 3.63) is 0 Å². The van der Waals surface area contributed by atoms with E-state index in [1.54, 1.807) is 4.90 Å². The summed E-state index contributed by atoms with van der Waals surface area (Å²) in [5.41, 5.74) is 0.308. The molecule has 120 valence electrons. The third-order valence-electron chi connectivity index (χ3n) is 5.37. The summed E-state index contributed by atoms with van der Waals surface area (Å²) in [5.74, 6) is -0.0254. The minimum absolute atomic E-state index is 0.0450. The first-order valence-corrected chi connectivity index (χ1v) is 8.34. The summed E-state index contributed by atoms with van der Waals surface area (Å²) < 4.78 is 0. The number of aliphatic carboxylic acids is 1. The van der Waals surface area contributed by atoms with Crippen molar-refractivity contribution < 1.29 is 14.7 Å². The molecule has 0 aromatic heterocycles. The van der Waals surface area contributed by atoms with Crippen LogP contribution < -0.4 is 0 Å². The fourth-order valence-electron chi connectivity index (χ4n) is 3.89. The van der Waals surface area contributed by atoms with Gasteiger partial charge < -0.3 is 10.0 Å². The van der Waals surface area contributed by atoms with E-state index in [2.05, 4.69) is 20.8 Å². The standard InChI is InChI=1S/C17H29NO3/c1-17(2,3)13-9-7-12(8-10-13)15(19)18-11-5-4-6-14(18)16(20)21/h12-14H,4-11H2,1-3H3,(H,20,21)/t12?,13?,14-/m1/s1. The van der Waals surface area contributed by atoms with Gasteiger partial charge in [-0.15, -0.1) is 0 Å². The van der Waals surface area contributed by atoms with Gasteiger partial charge >= 0.3 is 5.97 Å². The molecule has 2 fully saturated rings. The molecule has 1 heterocycles. The van der Waals surface area contributed by atoms with E-state index in [1.807, 2.05) is 0 Å². The van der Waals surface area contributed by atoms with E-state index < -0.39 is 12.0 Å². The van der Waals surface area contributed by atoms with Crippen LogP contribution in [-0.4, -0.2) is 34.5 Å². The lowest BCUT2D eigenvalue weighted by molar-refractivity contribution is -0.154. The van der Waals surface area contributed by atoms with Crippen molar-refractivity contribution >= 4 is 11.9 Å². The maximum atomic E-state index is 12.7. The van der Waals surface area contributed by atoms with Crippen LogP contribution in [-0.2, 0) is 9.59 Å². The van der Waals surface area contributed by atoms with Crippen molar-refractivity contribution in [1.29, 1.82) is 0 Å². The van der Waals surface area contributed by atoms with Crippen LogP contribution in [0, 0.1) is 17.3 Å². The molecule has 0 radical (unpaired) electrons. The number of hydrogen-bond acceptors (Lipinski definition) is 2. The molecule has 1 saturated carbocycles. The number of nitrogens with zero attached hydrogens (tertiary/aromatic N) is 1. The minimum atomic E-state index is -0.841. The molecular weight excluding hydrogens is 266 g/mol. The predicted octanol–water partition coefficient (Wildman–Crippen LogP) is 3.30. The Balaban J connectivity index is 1.96. The highest BCUT2D eigenvalue weighted by molar-refractivity contribution is 5.85. The Bertz CT molecular complexity index is 391. The zero-order chi connectivity index (χ0) is 15.6. The van der Waals surface area contributed by atoms with Gasteiger partial charge in [0, 0.05) is 12.5 Å². The molecule has 4 heteroatoms. The lowest BCUT2D eigenvalue weighted by Gasteiger charge is -2.40. The van der Waals surface area contributed by atoms with E-state index in [-0.39, 0.29) is 11.8 Å². The van der Waals surface area contributed by atoms with E-state index >= 15 is 0 Å². The Kier molecular flexibility index (Phi) is 4.95. The molecular formula is C17H29NO3. The van der Waals surface area contributed by atoms with Gasteiger partial charge in [-0.2, -0.15) is 0 Å². The van der Waals surface area contributed by atoms with Crippen molar-refractivity contribution in [1.82, 2.24) is 4.90 Å². The average Bonchev–Trinajstić information content (AvgIpc) is 2.45. The van der Waals surface area contributed by atoms with Crippen LogP contribution in [0.15, 0.2) is 0 Å². The molecule has 1 aliphatic carbocycles. The monoisotopic (exact) mass is 295 g/mol. The Morgan fingerprint density at radius 2 is 1.62 bits per heavy atom. The summed E-state index contributed by atoms with van der Waals surface area (Å²) in [7, 11) is 0. The maximum Gasteiger partial charge on any atom is 0.326 e. The molecule has 1 amide bonds. The van der Waals surface area contributed by atoms with Crippen LogP contribution in [0.3, 0.4) is 0 Å². The molecule has 1 saturated heterocycles. The van der Waals surface area contributed by atoms with Crippen LogP contribution in [0.1, 0.15) is 65.7 Å². The fourth-order valence-corrected chi connectivity index (χ4v) is 3.89. The average molecular weight is 295 g/mol. The number of carbonyl (C=O) groups excluding carboxylic acids is 1. The number of carboxylic acids is 1. The van der Waals surface area contributed by atoms with Gasteiger partial charge in [-0.3, -0.25) is 4.79 Å². The SMILES string of the molecule is CC(C)(C)C1CCC(C(=O)N2CCCC[C@@H]2C(=O)O)CC1. The van der Waals surface area contributed by atoms with E-state index in [9.17, 15) is 14.7 Å². The number of rotatable bonds is 2.